The number of nitrogens with one attached hydrogen (secondary N) is 3. The lowest BCUT2D eigenvalue weighted by Gasteiger charge is -2.06. The van der Waals surface area contributed by atoms with Crippen molar-refractivity contribution in [2.75, 3.05) is 16.1 Å². The number of alkyl halides is 1. The van der Waals surface area contributed by atoms with Gasteiger partial charge in [0.1, 0.15) is 0 Å². The van der Waals surface area contributed by atoms with Crippen LogP contribution in [0.1, 0.15) is 0 Å². The van der Waals surface area contributed by atoms with Crippen LogP contribution in [0.5, 0.6) is 0 Å². The average molecular weight is 272 g/mol. The molecule has 0 fully saturated rings. The number of hydrazine groups is 1. The lowest BCUT2D eigenvalue weighted by molar-refractivity contribution is -0.113. The Morgan fingerprint density at radius 1 is 1.27 bits per heavy atom. The first-order chi connectivity index (χ1) is 7.26. The summed E-state index contributed by atoms with van der Waals surface area (Å²) in [7, 11) is 0. The van der Waals surface area contributed by atoms with E-state index in [0.29, 0.717) is 12.1 Å². The highest BCUT2D eigenvalue weighted by Gasteiger charge is 1.98. The van der Waals surface area contributed by atoms with Gasteiger partial charge in [0.15, 0.2) is 0 Å². The summed E-state index contributed by atoms with van der Waals surface area (Å²) in [6.45, 7) is 0. The Kier molecular flexibility index (Phi) is 4.62. The molecule has 0 radical (unpaired) electrons. The first-order valence-electron chi connectivity index (χ1n) is 4.17. The van der Waals surface area contributed by atoms with Crippen LogP contribution >= 0.6 is 15.9 Å². The zero-order valence-electron chi connectivity index (χ0n) is 7.79. The van der Waals surface area contributed by atoms with Gasteiger partial charge in [-0.15, -0.1) is 0 Å². The fraction of sp³-hybridized carbons (Fsp3) is 0.111. The number of amides is 2. The molecule has 80 valence electrons. The number of carbonyl (C=O) groups is 2. The zero-order chi connectivity index (χ0) is 11.1. The molecule has 0 saturated carbocycles. The van der Waals surface area contributed by atoms with E-state index in [1.165, 1.54) is 0 Å². The Balaban J connectivity index is 2.55. The maximum Gasteiger partial charge on any atom is 0.235 e. The Bertz CT molecular complexity index is 340. The summed E-state index contributed by atoms with van der Waals surface area (Å²) in [5.74, 6) is -0.110. The van der Waals surface area contributed by atoms with Gasteiger partial charge in [-0.05, 0) is 24.3 Å². The molecule has 1 aromatic rings. The number of anilines is 2. The summed E-state index contributed by atoms with van der Waals surface area (Å²) >= 11 is 3.05. The first kappa shape index (κ1) is 11.5. The Hall–Kier alpha value is -1.56. The van der Waals surface area contributed by atoms with Crippen LogP contribution < -0.4 is 16.2 Å². The second-order valence-electron chi connectivity index (χ2n) is 2.65. The lowest BCUT2D eigenvalue weighted by atomic mass is 10.3. The van der Waals surface area contributed by atoms with E-state index in [1.54, 1.807) is 24.3 Å². The van der Waals surface area contributed by atoms with E-state index in [9.17, 15) is 9.59 Å². The van der Waals surface area contributed by atoms with Gasteiger partial charge >= 0.3 is 0 Å². The highest BCUT2D eigenvalue weighted by molar-refractivity contribution is 9.09. The van der Waals surface area contributed by atoms with E-state index in [-0.39, 0.29) is 11.2 Å². The molecule has 2 amide bonds. The van der Waals surface area contributed by atoms with Crippen molar-refractivity contribution in [3.05, 3.63) is 24.3 Å². The Morgan fingerprint density at radius 2 is 1.87 bits per heavy atom. The number of hydrogen-bond donors (Lipinski definition) is 3. The SMILES string of the molecule is O=CNNc1ccc(NC(=O)CBr)cc1. The molecule has 0 saturated heterocycles. The van der Waals surface area contributed by atoms with Crippen molar-refractivity contribution in [3.8, 4) is 0 Å². The van der Waals surface area contributed by atoms with Crippen molar-refractivity contribution < 1.29 is 9.59 Å². The molecule has 5 nitrogen and oxygen atoms in total. The van der Waals surface area contributed by atoms with Crippen LogP contribution in [-0.2, 0) is 9.59 Å². The van der Waals surface area contributed by atoms with Crippen LogP contribution in [0.4, 0.5) is 11.4 Å². The van der Waals surface area contributed by atoms with E-state index < -0.39 is 0 Å². The van der Waals surface area contributed by atoms with Gasteiger partial charge in [0.25, 0.3) is 0 Å². The van der Waals surface area contributed by atoms with Crippen LogP contribution in [0.3, 0.4) is 0 Å². The van der Waals surface area contributed by atoms with E-state index in [2.05, 4.69) is 32.1 Å². The van der Waals surface area contributed by atoms with Crippen molar-refractivity contribution in [2.24, 2.45) is 0 Å². The Morgan fingerprint density at radius 3 is 2.40 bits per heavy atom. The van der Waals surface area contributed by atoms with E-state index in [1.807, 2.05) is 0 Å². The van der Waals surface area contributed by atoms with Crippen molar-refractivity contribution in [3.63, 3.8) is 0 Å². The van der Waals surface area contributed by atoms with Crippen LogP contribution in [-0.4, -0.2) is 17.6 Å². The third-order valence-corrected chi connectivity index (χ3v) is 2.07. The fourth-order valence-electron chi connectivity index (χ4n) is 0.944. The molecule has 0 aliphatic rings. The number of halogens is 1. The fourth-order valence-corrected chi connectivity index (χ4v) is 1.08. The van der Waals surface area contributed by atoms with Crippen LogP contribution in [0.2, 0.25) is 0 Å². The van der Waals surface area contributed by atoms with Crippen molar-refractivity contribution in [1.29, 1.82) is 0 Å². The summed E-state index contributed by atoms with van der Waals surface area (Å²) in [5.41, 5.74) is 6.40. The van der Waals surface area contributed by atoms with Gasteiger partial charge in [-0.1, -0.05) is 15.9 Å². The predicted octanol–water partition coefficient (Wildman–Crippen LogP) is 1.09. The number of benzene rings is 1. The molecule has 6 heteroatoms. The van der Waals surface area contributed by atoms with Gasteiger partial charge < -0.3 is 5.32 Å². The number of rotatable bonds is 5. The molecule has 0 aromatic heterocycles. The minimum absolute atomic E-state index is 0.110. The maximum atomic E-state index is 11.0. The van der Waals surface area contributed by atoms with Gasteiger partial charge in [0.2, 0.25) is 12.3 Å². The number of hydrogen-bond acceptors (Lipinski definition) is 3. The molecular weight excluding hydrogens is 262 g/mol. The molecule has 0 heterocycles. The first-order valence-corrected chi connectivity index (χ1v) is 5.29. The molecule has 0 atom stereocenters. The highest BCUT2D eigenvalue weighted by Crippen LogP contribution is 2.12. The molecule has 15 heavy (non-hydrogen) atoms. The summed E-state index contributed by atoms with van der Waals surface area (Å²) in [6.07, 6.45) is 0.542. The summed E-state index contributed by atoms with van der Waals surface area (Å²) < 4.78 is 0. The van der Waals surface area contributed by atoms with Crippen LogP contribution in [0.15, 0.2) is 24.3 Å². The van der Waals surface area contributed by atoms with E-state index in [4.69, 9.17) is 0 Å². The molecule has 0 aliphatic carbocycles. The minimum atomic E-state index is -0.110. The second-order valence-corrected chi connectivity index (χ2v) is 3.21. The third-order valence-electron chi connectivity index (χ3n) is 1.57. The molecule has 1 aromatic carbocycles. The van der Waals surface area contributed by atoms with Crippen molar-refractivity contribution >= 4 is 39.6 Å². The Labute approximate surface area is 95.3 Å². The average Bonchev–Trinajstić information content (AvgIpc) is 2.28. The highest BCUT2D eigenvalue weighted by atomic mass is 79.9. The zero-order valence-corrected chi connectivity index (χ0v) is 9.37. The molecule has 0 spiro atoms. The normalized spacial score (nSPS) is 9.13. The second kappa shape index (κ2) is 6.02. The van der Waals surface area contributed by atoms with Gasteiger partial charge in [0.05, 0.1) is 11.0 Å². The third kappa shape index (κ3) is 3.99. The minimum Gasteiger partial charge on any atom is -0.325 e. The summed E-state index contributed by atoms with van der Waals surface area (Å²) in [6, 6.07) is 6.94. The van der Waals surface area contributed by atoms with Gasteiger partial charge in [0, 0.05) is 5.69 Å². The molecule has 3 N–H and O–H groups in total. The quantitative estimate of drug-likeness (QED) is 0.427. The summed E-state index contributed by atoms with van der Waals surface area (Å²) in [4.78, 5) is 21.0. The van der Waals surface area contributed by atoms with Gasteiger partial charge in [-0.25, -0.2) is 0 Å². The van der Waals surface area contributed by atoms with E-state index >= 15 is 0 Å². The number of carbonyl (C=O) groups excluding carboxylic acids is 2. The van der Waals surface area contributed by atoms with Crippen LogP contribution in [0, 0.1) is 0 Å². The smallest absolute Gasteiger partial charge is 0.235 e. The molecule has 0 unspecified atom stereocenters. The van der Waals surface area contributed by atoms with E-state index in [0.717, 1.165) is 5.69 Å². The largest absolute Gasteiger partial charge is 0.325 e. The van der Waals surface area contributed by atoms with Crippen LogP contribution in [0.25, 0.3) is 0 Å². The molecule has 0 aliphatic heterocycles. The molecular formula is C9H10BrN3O2. The molecule has 0 bridgehead atoms. The van der Waals surface area contributed by atoms with Crippen molar-refractivity contribution in [2.45, 2.75) is 0 Å². The van der Waals surface area contributed by atoms with Gasteiger partial charge in [-0.2, -0.15) is 0 Å². The van der Waals surface area contributed by atoms with Gasteiger partial charge in [-0.3, -0.25) is 20.4 Å². The predicted molar refractivity (Wildman–Crippen MR) is 61.7 cm³/mol. The van der Waals surface area contributed by atoms with Crippen molar-refractivity contribution in [1.82, 2.24) is 5.43 Å². The lowest BCUT2D eigenvalue weighted by Crippen LogP contribution is -2.18. The monoisotopic (exact) mass is 271 g/mol. The maximum absolute atomic E-state index is 11.0. The summed E-state index contributed by atoms with van der Waals surface area (Å²) in [5, 5.41) is 2.93. The topological polar surface area (TPSA) is 70.2 Å². The molecule has 1 rings (SSSR count). The standard InChI is InChI=1S/C9H10BrN3O2/c10-5-9(15)12-7-1-3-8(4-2-7)13-11-6-14/h1-4,6,13H,5H2,(H,11,14)(H,12,15).